The first-order chi connectivity index (χ1) is 11.6. The third-order valence-electron chi connectivity index (χ3n) is 4.16. The second-order valence-corrected chi connectivity index (χ2v) is 6.58. The average Bonchev–Trinajstić information content (AvgIpc) is 2.54. The average molecular weight is 347 g/mol. The Labute approximate surface area is 149 Å². The van der Waals surface area contributed by atoms with Gasteiger partial charge in [0.1, 0.15) is 0 Å². The van der Waals surface area contributed by atoms with Gasteiger partial charge in [-0.25, -0.2) is 0 Å². The smallest absolute Gasteiger partial charge is 0.291 e. The van der Waals surface area contributed by atoms with Crippen LogP contribution in [0.3, 0.4) is 0 Å². The molecule has 0 aliphatic rings. The van der Waals surface area contributed by atoms with Crippen molar-refractivity contribution in [2.24, 2.45) is 0 Å². The van der Waals surface area contributed by atoms with E-state index in [-0.39, 0.29) is 0 Å². The van der Waals surface area contributed by atoms with Gasteiger partial charge in [-0.2, -0.15) is 0 Å². The highest BCUT2D eigenvalue weighted by Gasteiger charge is 1.93. The van der Waals surface area contributed by atoms with Crippen molar-refractivity contribution < 1.29 is 10.3 Å². The summed E-state index contributed by atoms with van der Waals surface area (Å²) in [6.45, 7) is 7.05. The molecule has 2 N–H and O–H groups in total. The van der Waals surface area contributed by atoms with E-state index in [4.69, 9.17) is 15.3 Å². The van der Waals surface area contributed by atoms with Gasteiger partial charge in [-0.05, 0) is 25.9 Å². The minimum atomic E-state index is -1.50. The third kappa shape index (κ3) is 32.9. The highest BCUT2D eigenvalue weighted by atomic mass is 16.9. The summed E-state index contributed by atoms with van der Waals surface area (Å²) in [5.74, 6) is 0. The number of nitrogens with one attached hydrogen (secondary N) is 1. The molecule has 5 nitrogen and oxygen atoms in total. The number of rotatable bonds is 17. The molecule has 24 heavy (non-hydrogen) atoms. The first-order valence-corrected chi connectivity index (χ1v) is 10.2. The zero-order valence-electron chi connectivity index (χ0n) is 16.2. The van der Waals surface area contributed by atoms with Crippen LogP contribution in [-0.2, 0) is 0 Å². The number of nitrogens with zero attached hydrogens (tertiary/aromatic N) is 1. The number of hydrogen-bond donors (Lipinski definition) is 2. The molecule has 0 aliphatic carbocycles. The summed E-state index contributed by atoms with van der Waals surface area (Å²) in [5.41, 5.74) is 0. The van der Waals surface area contributed by atoms with Crippen LogP contribution in [0.1, 0.15) is 110 Å². The predicted molar refractivity (Wildman–Crippen MR) is 102 cm³/mol. The van der Waals surface area contributed by atoms with Gasteiger partial charge in [0.25, 0.3) is 5.09 Å². The van der Waals surface area contributed by atoms with Gasteiger partial charge >= 0.3 is 0 Å². The summed E-state index contributed by atoms with van der Waals surface area (Å²) in [6, 6.07) is 0. The van der Waals surface area contributed by atoms with E-state index in [9.17, 15) is 0 Å². The molecule has 0 saturated heterocycles. The van der Waals surface area contributed by atoms with Crippen molar-refractivity contribution in [3.63, 3.8) is 0 Å². The first kappa shape index (κ1) is 25.4. The maximum atomic E-state index is 8.36. The van der Waals surface area contributed by atoms with Crippen molar-refractivity contribution in [1.29, 1.82) is 0 Å². The van der Waals surface area contributed by atoms with E-state index in [0.717, 1.165) is 0 Å². The van der Waals surface area contributed by atoms with Gasteiger partial charge in [-0.15, -0.1) is 10.1 Å². The van der Waals surface area contributed by atoms with Gasteiger partial charge in [-0.3, -0.25) is 0 Å². The quantitative estimate of drug-likeness (QED) is 0.189. The van der Waals surface area contributed by atoms with Gasteiger partial charge in [0, 0.05) is 0 Å². The van der Waals surface area contributed by atoms with Crippen LogP contribution in [0.15, 0.2) is 0 Å². The second kappa shape index (κ2) is 24.4. The van der Waals surface area contributed by atoms with Gasteiger partial charge in [0.2, 0.25) is 0 Å². The molecule has 0 aromatic heterocycles. The lowest BCUT2D eigenvalue weighted by molar-refractivity contribution is -0.742. The Morgan fingerprint density at radius 3 is 1.21 bits per heavy atom. The highest BCUT2D eigenvalue weighted by molar-refractivity contribution is 4.52. The largest absolute Gasteiger partial charge is 0.328 e. The van der Waals surface area contributed by atoms with E-state index >= 15 is 0 Å². The molecule has 0 spiro atoms. The minimum Gasteiger partial charge on any atom is -0.328 e. The lowest BCUT2D eigenvalue weighted by Gasteiger charge is -2.05. The third-order valence-corrected chi connectivity index (χ3v) is 4.16. The molecule has 0 rings (SSSR count). The lowest BCUT2D eigenvalue weighted by Crippen LogP contribution is -2.16. The summed E-state index contributed by atoms with van der Waals surface area (Å²) in [4.78, 5) is 8.36. The summed E-state index contributed by atoms with van der Waals surface area (Å²) < 4.78 is 0. The second-order valence-electron chi connectivity index (χ2n) is 6.58. The van der Waals surface area contributed by atoms with E-state index < -0.39 is 5.09 Å². The monoisotopic (exact) mass is 346 g/mol. The van der Waals surface area contributed by atoms with E-state index in [1.807, 2.05) is 0 Å². The Kier molecular flexibility index (Phi) is 25.8. The fourth-order valence-electron chi connectivity index (χ4n) is 2.72. The van der Waals surface area contributed by atoms with Crippen molar-refractivity contribution in [1.82, 2.24) is 5.32 Å². The van der Waals surface area contributed by atoms with E-state index in [0.29, 0.717) is 0 Å². The molecule has 0 atom stereocenters. The van der Waals surface area contributed by atoms with Gasteiger partial charge in [0.05, 0.1) is 0 Å². The number of unbranched alkanes of at least 4 members (excludes halogenated alkanes) is 13. The Balaban J connectivity index is 0. The molecule has 0 aliphatic heterocycles. The molecule has 0 heterocycles. The maximum absolute atomic E-state index is 8.36. The molecule has 0 radical (unpaired) electrons. The van der Waals surface area contributed by atoms with Crippen LogP contribution >= 0.6 is 0 Å². The van der Waals surface area contributed by atoms with Crippen LogP contribution < -0.4 is 5.32 Å². The molecule has 0 aromatic rings. The Hall–Kier alpha value is -0.840. The zero-order chi connectivity index (χ0) is 18.3. The van der Waals surface area contributed by atoms with Crippen molar-refractivity contribution in [2.45, 2.75) is 110 Å². The van der Waals surface area contributed by atoms with Crippen LogP contribution in [0, 0.1) is 10.1 Å². The van der Waals surface area contributed by atoms with E-state index in [2.05, 4.69) is 19.2 Å². The number of hydrogen-bond acceptors (Lipinski definition) is 3. The van der Waals surface area contributed by atoms with E-state index in [1.165, 1.54) is 109 Å². The van der Waals surface area contributed by atoms with Crippen LogP contribution in [-0.4, -0.2) is 23.4 Å². The summed E-state index contributed by atoms with van der Waals surface area (Å²) >= 11 is 0. The summed E-state index contributed by atoms with van der Waals surface area (Å²) in [5, 5.41) is 17.2. The molecule has 5 heteroatoms. The molecule has 0 unspecified atom stereocenters. The fourth-order valence-corrected chi connectivity index (χ4v) is 2.72. The van der Waals surface area contributed by atoms with E-state index in [1.54, 1.807) is 0 Å². The first-order valence-electron chi connectivity index (χ1n) is 10.2. The summed E-state index contributed by atoms with van der Waals surface area (Å²) in [6.07, 6.45) is 21.4. The molecular formula is C19H42N2O3. The van der Waals surface area contributed by atoms with Crippen molar-refractivity contribution >= 4 is 0 Å². The van der Waals surface area contributed by atoms with Gasteiger partial charge in [0.15, 0.2) is 0 Å². The molecule has 0 fully saturated rings. The van der Waals surface area contributed by atoms with Gasteiger partial charge in [-0.1, -0.05) is 97.3 Å². The topological polar surface area (TPSA) is 75.4 Å². The van der Waals surface area contributed by atoms with Crippen molar-refractivity contribution in [2.75, 3.05) is 13.1 Å². The van der Waals surface area contributed by atoms with Crippen LogP contribution in [0.25, 0.3) is 0 Å². The normalized spacial score (nSPS) is 10.2. The molecule has 0 amide bonds. The van der Waals surface area contributed by atoms with Gasteiger partial charge < -0.3 is 10.5 Å². The predicted octanol–water partition coefficient (Wildman–Crippen LogP) is 6.12. The Morgan fingerprint density at radius 1 is 0.667 bits per heavy atom. The minimum absolute atomic E-state index is 1.24. The van der Waals surface area contributed by atoms with Crippen LogP contribution in [0.2, 0.25) is 0 Å². The molecule has 146 valence electrons. The summed E-state index contributed by atoms with van der Waals surface area (Å²) in [7, 11) is 0. The molecular weight excluding hydrogens is 304 g/mol. The zero-order valence-corrected chi connectivity index (χ0v) is 16.2. The Morgan fingerprint density at radius 2 is 0.917 bits per heavy atom. The van der Waals surface area contributed by atoms with Crippen molar-refractivity contribution in [3.8, 4) is 0 Å². The maximum Gasteiger partial charge on any atom is 0.291 e. The molecule has 0 saturated carbocycles. The standard InChI is InChI=1S/C19H41N.HNO3/c1-3-5-7-9-10-11-12-13-15-17-19-20-18-16-14-8-6-4-2;2-1(3)4/h20H,3-19H2,1-2H3;(H,2,3,4). The molecule has 0 bridgehead atoms. The molecule has 0 aromatic carbocycles. The Bertz CT molecular complexity index is 217. The van der Waals surface area contributed by atoms with Crippen LogP contribution in [0.4, 0.5) is 0 Å². The lowest BCUT2D eigenvalue weighted by atomic mass is 10.1. The highest BCUT2D eigenvalue weighted by Crippen LogP contribution is 2.10. The SMILES string of the molecule is CCCCCCCCCCCCNCCCCCCC.O=[N+]([O-])O. The van der Waals surface area contributed by atoms with Crippen LogP contribution in [0.5, 0.6) is 0 Å². The van der Waals surface area contributed by atoms with Crippen molar-refractivity contribution in [3.05, 3.63) is 10.1 Å². The fraction of sp³-hybridized carbons (Fsp3) is 1.00.